The molecule has 0 amide bonds. The van der Waals surface area contributed by atoms with Crippen molar-refractivity contribution < 1.29 is 5.11 Å². The van der Waals surface area contributed by atoms with Gasteiger partial charge in [0, 0.05) is 6.42 Å². The van der Waals surface area contributed by atoms with Crippen molar-refractivity contribution in [3.8, 4) is 0 Å². The predicted molar refractivity (Wildman–Crippen MR) is 78.3 cm³/mol. The molecule has 1 aromatic carbocycles. The predicted octanol–water partition coefficient (Wildman–Crippen LogP) is 4.46. The first kappa shape index (κ1) is 13.3. The Hall–Kier alpha value is -1.12. The molecule has 0 spiro atoms. The molecule has 2 rings (SSSR count). The maximum Gasteiger partial charge on any atom is 0.0840 e. The van der Waals surface area contributed by atoms with E-state index in [0.717, 1.165) is 5.56 Å². The number of aliphatic hydroxyl groups excluding tert-OH is 1. The Balaban J connectivity index is 2.08. The van der Waals surface area contributed by atoms with E-state index in [0.29, 0.717) is 12.3 Å². The number of hydrogen-bond donors (Lipinski definition) is 1. The lowest BCUT2D eigenvalue weighted by Crippen LogP contribution is -2.02. The van der Waals surface area contributed by atoms with Crippen molar-refractivity contribution in [2.45, 2.75) is 39.2 Å². The minimum absolute atomic E-state index is 0.388. The van der Waals surface area contributed by atoms with Gasteiger partial charge in [0.2, 0.25) is 0 Å². The summed E-state index contributed by atoms with van der Waals surface area (Å²) >= 11 is 1.65. The summed E-state index contributed by atoms with van der Waals surface area (Å²) in [6.07, 6.45) is 0.303. The Morgan fingerprint density at radius 3 is 2.28 bits per heavy atom. The van der Waals surface area contributed by atoms with E-state index >= 15 is 0 Å². The van der Waals surface area contributed by atoms with Gasteiger partial charge in [-0.3, -0.25) is 0 Å². The van der Waals surface area contributed by atoms with Gasteiger partial charge in [-0.2, -0.15) is 11.3 Å². The zero-order valence-corrected chi connectivity index (χ0v) is 12.0. The molecule has 18 heavy (non-hydrogen) atoms. The maximum absolute atomic E-state index is 10.2. The standard InChI is InChI=1S/C16H20OS/c1-11(2)14-6-4-13(5-7-14)8-16(17)15-10-18-9-12(15)3/h4-7,9-11,16-17H,8H2,1-3H3. The summed E-state index contributed by atoms with van der Waals surface area (Å²) in [5.74, 6) is 0.558. The number of rotatable bonds is 4. The molecule has 1 heterocycles. The highest BCUT2D eigenvalue weighted by atomic mass is 32.1. The van der Waals surface area contributed by atoms with Crippen LogP contribution in [0.15, 0.2) is 35.0 Å². The number of aryl methyl sites for hydroxylation is 1. The van der Waals surface area contributed by atoms with Crippen molar-refractivity contribution >= 4 is 11.3 Å². The van der Waals surface area contributed by atoms with E-state index in [-0.39, 0.29) is 6.10 Å². The number of thiophene rings is 1. The molecule has 1 atom stereocenters. The second-order valence-electron chi connectivity index (χ2n) is 5.13. The summed E-state index contributed by atoms with van der Waals surface area (Å²) in [5.41, 5.74) is 4.79. The van der Waals surface area contributed by atoms with Gasteiger partial charge in [0.1, 0.15) is 0 Å². The van der Waals surface area contributed by atoms with Crippen LogP contribution in [0.4, 0.5) is 0 Å². The molecule has 0 aliphatic carbocycles. The molecule has 0 aliphatic heterocycles. The molecule has 2 aromatic rings. The van der Waals surface area contributed by atoms with Crippen molar-refractivity contribution in [2.75, 3.05) is 0 Å². The molecule has 1 nitrogen and oxygen atoms in total. The van der Waals surface area contributed by atoms with E-state index in [9.17, 15) is 5.11 Å². The largest absolute Gasteiger partial charge is 0.388 e. The fourth-order valence-electron chi connectivity index (χ4n) is 2.08. The Kier molecular flexibility index (Phi) is 4.20. The lowest BCUT2D eigenvalue weighted by atomic mass is 9.97. The fourth-order valence-corrected chi connectivity index (χ4v) is 2.98. The summed E-state index contributed by atoms with van der Waals surface area (Å²) < 4.78 is 0. The van der Waals surface area contributed by atoms with Crippen LogP contribution in [0.5, 0.6) is 0 Å². The highest BCUT2D eigenvalue weighted by Gasteiger charge is 2.12. The smallest absolute Gasteiger partial charge is 0.0840 e. The fraction of sp³-hybridized carbons (Fsp3) is 0.375. The molecular formula is C16H20OS. The van der Waals surface area contributed by atoms with Crippen molar-refractivity contribution in [3.63, 3.8) is 0 Å². The van der Waals surface area contributed by atoms with Crippen molar-refractivity contribution in [2.24, 2.45) is 0 Å². The minimum atomic E-state index is -0.388. The zero-order valence-electron chi connectivity index (χ0n) is 11.2. The molecule has 0 radical (unpaired) electrons. The third-order valence-electron chi connectivity index (χ3n) is 3.33. The van der Waals surface area contributed by atoms with Crippen LogP contribution >= 0.6 is 11.3 Å². The molecule has 1 unspecified atom stereocenters. The highest BCUT2D eigenvalue weighted by molar-refractivity contribution is 7.08. The quantitative estimate of drug-likeness (QED) is 0.860. The van der Waals surface area contributed by atoms with Crippen molar-refractivity contribution in [3.05, 3.63) is 57.3 Å². The van der Waals surface area contributed by atoms with Gasteiger partial charge in [0.25, 0.3) is 0 Å². The molecule has 96 valence electrons. The van der Waals surface area contributed by atoms with E-state index in [1.807, 2.05) is 5.38 Å². The molecule has 0 bridgehead atoms. The van der Waals surface area contributed by atoms with E-state index < -0.39 is 0 Å². The van der Waals surface area contributed by atoms with Crippen molar-refractivity contribution in [1.82, 2.24) is 0 Å². The highest BCUT2D eigenvalue weighted by Crippen LogP contribution is 2.25. The third kappa shape index (κ3) is 3.01. The molecule has 2 heteroatoms. The minimum Gasteiger partial charge on any atom is -0.388 e. The monoisotopic (exact) mass is 260 g/mol. The molecule has 0 fully saturated rings. The first-order valence-electron chi connectivity index (χ1n) is 6.37. The second kappa shape index (κ2) is 5.68. The van der Waals surface area contributed by atoms with Gasteiger partial charge in [-0.15, -0.1) is 0 Å². The Labute approximate surface area is 113 Å². The first-order valence-corrected chi connectivity index (χ1v) is 7.31. The number of benzene rings is 1. The summed E-state index contributed by atoms with van der Waals surface area (Å²) in [6, 6.07) is 8.57. The summed E-state index contributed by atoms with van der Waals surface area (Å²) in [5, 5.41) is 14.4. The van der Waals surface area contributed by atoms with Gasteiger partial charge in [-0.05, 0) is 45.9 Å². The van der Waals surface area contributed by atoms with Gasteiger partial charge in [-0.25, -0.2) is 0 Å². The topological polar surface area (TPSA) is 20.2 Å². The maximum atomic E-state index is 10.2. The SMILES string of the molecule is Cc1cscc1C(O)Cc1ccc(C(C)C)cc1. The molecule has 0 aliphatic rings. The number of aliphatic hydroxyl groups is 1. The van der Waals surface area contributed by atoms with Crippen LogP contribution in [0.25, 0.3) is 0 Å². The molecule has 1 N–H and O–H groups in total. The lowest BCUT2D eigenvalue weighted by molar-refractivity contribution is 0.178. The first-order chi connectivity index (χ1) is 8.58. The van der Waals surface area contributed by atoms with E-state index in [2.05, 4.69) is 50.4 Å². The van der Waals surface area contributed by atoms with Crippen LogP contribution < -0.4 is 0 Å². The van der Waals surface area contributed by atoms with Gasteiger partial charge in [0.05, 0.1) is 6.10 Å². The zero-order chi connectivity index (χ0) is 13.1. The molecule has 1 aromatic heterocycles. The van der Waals surface area contributed by atoms with Crippen LogP contribution in [0, 0.1) is 6.92 Å². The summed E-state index contributed by atoms with van der Waals surface area (Å²) in [7, 11) is 0. The normalized spacial score (nSPS) is 12.9. The van der Waals surface area contributed by atoms with Gasteiger partial charge in [0.15, 0.2) is 0 Å². The molecule has 0 saturated heterocycles. The van der Waals surface area contributed by atoms with Crippen LogP contribution in [-0.2, 0) is 6.42 Å². The molecule has 0 saturated carbocycles. The van der Waals surface area contributed by atoms with E-state index in [4.69, 9.17) is 0 Å². The Morgan fingerprint density at radius 1 is 1.11 bits per heavy atom. The van der Waals surface area contributed by atoms with Crippen molar-refractivity contribution in [1.29, 1.82) is 0 Å². The summed E-state index contributed by atoms with van der Waals surface area (Å²) in [4.78, 5) is 0. The Morgan fingerprint density at radius 2 is 1.78 bits per heavy atom. The summed E-state index contributed by atoms with van der Waals surface area (Å²) in [6.45, 7) is 6.44. The number of hydrogen-bond acceptors (Lipinski definition) is 2. The average Bonchev–Trinajstić information content (AvgIpc) is 2.76. The van der Waals surface area contributed by atoms with Gasteiger partial charge in [-0.1, -0.05) is 38.1 Å². The molecular weight excluding hydrogens is 240 g/mol. The average molecular weight is 260 g/mol. The van der Waals surface area contributed by atoms with Crippen LogP contribution in [-0.4, -0.2) is 5.11 Å². The third-order valence-corrected chi connectivity index (χ3v) is 4.21. The van der Waals surface area contributed by atoms with Gasteiger partial charge < -0.3 is 5.11 Å². The lowest BCUT2D eigenvalue weighted by Gasteiger charge is -2.12. The van der Waals surface area contributed by atoms with Gasteiger partial charge >= 0.3 is 0 Å². The van der Waals surface area contributed by atoms with Crippen LogP contribution in [0.1, 0.15) is 48.1 Å². The van der Waals surface area contributed by atoms with Crippen LogP contribution in [0.3, 0.4) is 0 Å². The van der Waals surface area contributed by atoms with Crippen LogP contribution in [0.2, 0.25) is 0 Å². The Bertz CT molecular complexity index is 496. The van der Waals surface area contributed by atoms with E-state index in [1.54, 1.807) is 11.3 Å². The second-order valence-corrected chi connectivity index (χ2v) is 5.87. The van der Waals surface area contributed by atoms with E-state index in [1.165, 1.54) is 16.7 Å².